The molecular weight excluding hydrogens is 232 g/mol. The summed E-state index contributed by atoms with van der Waals surface area (Å²) in [6, 6.07) is 10.6. The number of nitrogens with zero attached hydrogens (tertiary/aromatic N) is 2. The molecule has 1 saturated heterocycles. The van der Waals surface area contributed by atoms with Crippen LogP contribution in [-0.4, -0.2) is 43.5 Å². The van der Waals surface area contributed by atoms with Crippen molar-refractivity contribution in [3.05, 3.63) is 48.2 Å². The Morgan fingerprint density at radius 1 is 1.21 bits per heavy atom. The van der Waals surface area contributed by atoms with Crippen molar-refractivity contribution in [1.29, 1.82) is 0 Å². The van der Waals surface area contributed by atoms with E-state index < -0.39 is 0 Å². The van der Waals surface area contributed by atoms with Crippen molar-refractivity contribution in [2.45, 2.75) is 19.3 Å². The van der Waals surface area contributed by atoms with Gasteiger partial charge in [0.1, 0.15) is 0 Å². The maximum Gasteiger partial charge on any atom is 0.0178 e. The van der Waals surface area contributed by atoms with E-state index in [-0.39, 0.29) is 0 Å². The van der Waals surface area contributed by atoms with Crippen LogP contribution in [0.25, 0.3) is 0 Å². The van der Waals surface area contributed by atoms with Crippen LogP contribution in [0.1, 0.15) is 18.4 Å². The number of piperidine rings is 1. The molecule has 0 atom stereocenters. The van der Waals surface area contributed by atoms with Crippen LogP contribution in [-0.2, 0) is 6.42 Å². The fourth-order valence-electron chi connectivity index (χ4n) is 2.89. The number of hydrogen-bond acceptors (Lipinski definition) is 2. The summed E-state index contributed by atoms with van der Waals surface area (Å²) in [6.45, 7) is 7.84. The first kappa shape index (κ1) is 14.1. The molecule has 0 unspecified atom stereocenters. The number of allylic oxidation sites excluding steroid dienone is 1. The van der Waals surface area contributed by atoms with Gasteiger partial charge in [-0.1, -0.05) is 36.9 Å². The van der Waals surface area contributed by atoms with E-state index in [1.54, 1.807) is 0 Å². The van der Waals surface area contributed by atoms with Crippen molar-refractivity contribution >= 4 is 0 Å². The molecule has 0 amide bonds. The number of rotatable bonds is 5. The van der Waals surface area contributed by atoms with Gasteiger partial charge in [0.2, 0.25) is 0 Å². The molecule has 0 aliphatic carbocycles. The average Bonchev–Trinajstić information content (AvgIpc) is 2.40. The van der Waals surface area contributed by atoms with E-state index >= 15 is 0 Å². The molecular formula is C17H26N2. The van der Waals surface area contributed by atoms with Gasteiger partial charge in [-0.2, -0.15) is 0 Å². The molecule has 104 valence electrons. The van der Waals surface area contributed by atoms with Gasteiger partial charge < -0.3 is 9.80 Å². The Balaban J connectivity index is 1.79. The minimum Gasteiger partial charge on any atom is -0.375 e. The highest BCUT2D eigenvalue weighted by molar-refractivity contribution is 5.20. The lowest BCUT2D eigenvalue weighted by atomic mass is 9.95. The first-order chi connectivity index (χ1) is 9.15. The molecule has 0 saturated carbocycles. The van der Waals surface area contributed by atoms with Gasteiger partial charge >= 0.3 is 0 Å². The van der Waals surface area contributed by atoms with Gasteiger partial charge in [-0.3, -0.25) is 0 Å². The van der Waals surface area contributed by atoms with Crippen molar-refractivity contribution in [3.8, 4) is 0 Å². The molecule has 0 aromatic heterocycles. The number of benzene rings is 1. The van der Waals surface area contributed by atoms with E-state index in [2.05, 4.69) is 60.8 Å². The standard InChI is InChI=1S/C17H26N2/c1-15(13-16-7-5-4-6-8-16)19-11-9-17(10-12-19)14-18(2)3/h4-8,17H,1,9-14H2,2-3H3. The Labute approximate surface area is 117 Å². The summed E-state index contributed by atoms with van der Waals surface area (Å²) in [4.78, 5) is 4.78. The molecule has 0 radical (unpaired) electrons. The summed E-state index contributed by atoms with van der Waals surface area (Å²) >= 11 is 0. The van der Waals surface area contributed by atoms with E-state index in [0.717, 1.165) is 12.3 Å². The van der Waals surface area contributed by atoms with Crippen LogP contribution in [0.4, 0.5) is 0 Å². The molecule has 19 heavy (non-hydrogen) atoms. The van der Waals surface area contributed by atoms with Crippen LogP contribution in [0.15, 0.2) is 42.6 Å². The second kappa shape index (κ2) is 6.76. The largest absolute Gasteiger partial charge is 0.375 e. The predicted molar refractivity (Wildman–Crippen MR) is 82.1 cm³/mol. The van der Waals surface area contributed by atoms with Gasteiger partial charge in [-0.25, -0.2) is 0 Å². The number of hydrogen-bond donors (Lipinski definition) is 0. The molecule has 1 heterocycles. The van der Waals surface area contributed by atoms with Crippen molar-refractivity contribution < 1.29 is 0 Å². The Morgan fingerprint density at radius 3 is 2.42 bits per heavy atom. The van der Waals surface area contributed by atoms with Gasteiger partial charge in [-0.15, -0.1) is 0 Å². The molecule has 1 fully saturated rings. The molecule has 1 aliphatic rings. The second-order valence-corrected chi connectivity index (χ2v) is 5.92. The fourth-order valence-corrected chi connectivity index (χ4v) is 2.89. The van der Waals surface area contributed by atoms with Crippen molar-refractivity contribution in [2.24, 2.45) is 5.92 Å². The third-order valence-electron chi connectivity index (χ3n) is 3.94. The van der Waals surface area contributed by atoms with Crippen LogP contribution in [0.2, 0.25) is 0 Å². The van der Waals surface area contributed by atoms with Crippen molar-refractivity contribution in [3.63, 3.8) is 0 Å². The van der Waals surface area contributed by atoms with Gasteiger partial charge in [0.25, 0.3) is 0 Å². The first-order valence-electron chi connectivity index (χ1n) is 7.26. The quantitative estimate of drug-likeness (QED) is 0.801. The lowest BCUT2D eigenvalue weighted by molar-refractivity contribution is 0.192. The average molecular weight is 258 g/mol. The summed E-state index contributed by atoms with van der Waals surface area (Å²) in [5.41, 5.74) is 2.64. The second-order valence-electron chi connectivity index (χ2n) is 5.92. The summed E-state index contributed by atoms with van der Waals surface area (Å²) in [5, 5.41) is 0. The Kier molecular flexibility index (Phi) is 5.03. The van der Waals surface area contributed by atoms with Gasteiger partial charge in [0.15, 0.2) is 0 Å². The minimum atomic E-state index is 0.857. The Bertz CT molecular complexity index is 389. The molecule has 1 aromatic rings. The van der Waals surface area contributed by atoms with Crippen LogP contribution in [0, 0.1) is 5.92 Å². The molecule has 0 N–H and O–H groups in total. The highest BCUT2D eigenvalue weighted by Crippen LogP contribution is 2.22. The zero-order valence-corrected chi connectivity index (χ0v) is 12.3. The van der Waals surface area contributed by atoms with Crippen LogP contribution in [0.3, 0.4) is 0 Å². The monoisotopic (exact) mass is 258 g/mol. The third-order valence-corrected chi connectivity index (χ3v) is 3.94. The van der Waals surface area contributed by atoms with Crippen molar-refractivity contribution in [2.75, 3.05) is 33.7 Å². The molecule has 0 bridgehead atoms. The summed E-state index contributed by atoms with van der Waals surface area (Å²) in [7, 11) is 4.33. The topological polar surface area (TPSA) is 6.48 Å². The molecule has 2 heteroatoms. The smallest absolute Gasteiger partial charge is 0.0178 e. The van der Waals surface area contributed by atoms with E-state index in [0.29, 0.717) is 0 Å². The first-order valence-corrected chi connectivity index (χ1v) is 7.26. The van der Waals surface area contributed by atoms with Gasteiger partial charge in [0.05, 0.1) is 0 Å². The third kappa shape index (κ3) is 4.39. The van der Waals surface area contributed by atoms with Gasteiger partial charge in [-0.05, 0) is 38.4 Å². The van der Waals surface area contributed by atoms with E-state index in [1.807, 2.05) is 0 Å². The normalized spacial score (nSPS) is 16.9. The SMILES string of the molecule is C=C(Cc1ccccc1)N1CCC(CN(C)C)CC1. The molecule has 1 aromatic carbocycles. The maximum atomic E-state index is 4.28. The van der Waals surface area contributed by atoms with Crippen molar-refractivity contribution in [1.82, 2.24) is 9.80 Å². The fraction of sp³-hybridized carbons (Fsp3) is 0.529. The summed E-state index contributed by atoms with van der Waals surface area (Å²) in [5.74, 6) is 0.857. The lowest BCUT2D eigenvalue weighted by Crippen LogP contribution is -2.36. The predicted octanol–water partition coefficient (Wildman–Crippen LogP) is 3.02. The summed E-state index contributed by atoms with van der Waals surface area (Å²) in [6.07, 6.45) is 3.58. The van der Waals surface area contributed by atoms with Crippen LogP contribution >= 0.6 is 0 Å². The lowest BCUT2D eigenvalue weighted by Gasteiger charge is -2.35. The van der Waals surface area contributed by atoms with Crippen LogP contribution in [0.5, 0.6) is 0 Å². The Morgan fingerprint density at radius 2 is 1.84 bits per heavy atom. The summed E-state index contributed by atoms with van der Waals surface area (Å²) < 4.78 is 0. The van der Waals surface area contributed by atoms with E-state index in [4.69, 9.17) is 0 Å². The zero-order chi connectivity index (χ0) is 13.7. The molecule has 1 aliphatic heterocycles. The highest BCUT2D eigenvalue weighted by atomic mass is 15.1. The van der Waals surface area contributed by atoms with E-state index in [1.165, 1.54) is 43.7 Å². The zero-order valence-electron chi connectivity index (χ0n) is 12.3. The Hall–Kier alpha value is -1.28. The molecule has 0 spiro atoms. The van der Waals surface area contributed by atoms with E-state index in [9.17, 15) is 0 Å². The maximum absolute atomic E-state index is 4.28. The van der Waals surface area contributed by atoms with Crippen LogP contribution < -0.4 is 0 Å². The highest BCUT2D eigenvalue weighted by Gasteiger charge is 2.20. The molecule has 2 rings (SSSR count). The van der Waals surface area contributed by atoms with Gasteiger partial charge in [0, 0.05) is 31.8 Å². The number of likely N-dealkylation sites (tertiary alicyclic amines) is 1. The molecule has 2 nitrogen and oxygen atoms in total. The minimum absolute atomic E-state index is 0.857.